The maximum atomic E-state index is 14.3. The Morgan fingerprint density at radius 1 is 1.14 bits per heavy atom. The lowest BCUT2D eigenvalue weighted by atomic mass is 9.94. The number of carbonyl (C=O) groups is 2. The number of ether oxygens (including phenoxy) is 2. The molecule has 8 nitrogen and oxygen atoms in total. The van der Waals surface area contributed by atoms with E-state index in [4.69, 9.17) is 9.47 Å². The van der Waals surface area contributed by atoms with Crippen molar-refractivity contribution in [1.29, 1.82) is 0 Å². The number of halogens is 1. The van der Waals surface area contributed by atoms with Gasteiger partial charge in [-0.25, -0.2) is 4.39 Å². The van der Waals surface area contributed by atoms with E-state index in [1.54, 1.807) is 26.0 Å². The molecule has 2 N–H and O–H groups in total. The molecular formula is C27H31FN2O6. The zero-order chi connectivity index (χ0) is 25.8. The summed E-state index contributed by atoms with van der Waals surface area (Å²) in [5.41, 5.74) is 0.878. The summed E-state index contributed by atoms with van der Waals surface area (Å²) in [7, 11) is 0. The fourth-order valence-electron chi connectivity index (χ4n) is 4.61. The Kier molecular flexibility index (Phi) is 7.91. The Balaban J connectivity index is 1.73. The summed E-state index contributed by atoms with van der Waals surface area (Å²) >= 11 is 0. The Morgan fingerprint density at radius 3 is 2.58 bits per heavy atom. The van der Waals surface area contributed by atoms with E-state index >= 15 is 0 Å². The first-order valence-electron chi connectivity index (χ1n) is 12.1. The van der Waals surface area contributed by atoms with E-state index in [0.717, 1.165) is 25.7 Å². The predicted octanol–water partition coefficient (Wildman–Crippen LogP) is 3.38. The normalized spacial score (nSPS) is 20.2. The van der Waals surface area contributed by atoms with Crippen LogP contribution in [-0.2, 0) is 14.3 Å². The van der Waals surface area contributed by atoms with Gasteiger partial charge in [0.15, 0.2) is 11.5 Å². The van der Waals surface area contributed by atoms with Crippen LogP contribution in [0.25, 0.3) is 5.76 Å². The lowest BCUT2D eigenvalue weighted by Crippen LogP contribution is -2.38. The van der Waals surface area contributed by atoms with E-state index in [9.17, 15) is 24.2 Å². The molecule has 2 aliphatic heterocycles. The topological polar surface area (TPSA) is 99.5 Å². The van der Waals surface area contributed by atoms with Gasteiger partial charge in [-0.2, -0.15) is 0 Å². The molecule has 0 saturated carbocycles. The molecule has 9 heteroatoms. The lowest BCUT2D eigenvalue weighted by Gasteiger charge is -2.29. The number of Topliss-reactive ketones (excluding diaryl/α,β-unsaturated/α-hetero) is 1. The molecule has 1 amide bonds. The number of likely N-dealkylation sites (tertiary alicyclic amines) is 1. The van der Waals surface area contributed by atoms with Crippen molar-refractivity contribution in [2.75, 3.05) is 46.0 Å². The van der Waals surface area contributed by atoms with E-state index in [-0.39, 0.29) is 29.2 Å². The van der Waals surface area contributed by atoms with E-state index in [1.165, 1.54) is 23.1 Å². The zero-order valence-electron chi connectivity index (χ0n) is 20.5. The predicted molar refractivity (Wildman–Crippen MR) is 131 cm³/mol. The van der Waals surface area contributed by atoms with E-state index < -0.39 is 29.3 Å². The largest absolute Gasteiger partial charge is 0.507 e. The summed E-state index contributed by atoms with van der Waals surface area (Å²) in [6.07, 6.45) is 0.610. The molecule has 2 aromatic rings. The van der Waals surface area contributed by atoms with Gasteiger partial charge in [-0.1, -0.05) is 18.2 Å². The molecule has 0 spiro atoms. The molecule has 0 aliphatic carbocycles. The fourth-order valence-corrected chi connectivity index (χ4v) is 4.61. The van der Waals surface area contributed by atoms with E-state index in [0.29, 0.717) is 37.4 Å². The second-order valence-electron chi connectivity index (χ2n) is 8.92. The maximum Gasteiger partial charge on any atom is 0.295 e. The fraction of sp³-hybridized carbons (Fsp3) is 0.407. The van der Waals surface area contributed by atoms with Crippen molar-refractivity contribution < 1.29 is 33.7 Å². The van der Waals surface area contributed by atoms with Crippen LogP contribution < -0.4 is 4.74 Å². The average Bonchev–Trinajstić information content (AvgIpc) is 3.12. The van der Waals surface area contributed by atoms with Gasteiger partial charge in [-0.15, -0.1) is 0 Å². The van der Waals surface area contributed by atoms with Crippen molar-refractivity contribution in [3.8, 4) is 11.5 Å². The van der Waals surface area contributed by atoms with Crippen LogP contribution in [-0.4, -0.2) is 77.7 Å². The van der Waals surface area contributed by atoms with Crippen LogP contribution in [0.15, 0.2) is 42.0 Å². The smallest absolute Gasteiger partial charge is 0.295 e. The van der Waals surface area contributed by atoms with Gasteiger partial charge in [0.05, 0.1) is 31.4 Å². The van der Waals surface area contributed by atoms with Gasteiger partial charge in [0.2, 0.25) is 0 Å². The van der Waals surface area contributed by atoms with Crippen molar-refractivity contribution in [3.05, 3.63) is 64.5 Å². The van der Waals surface area contributed by atoms with Crippen LogP contribution in [0.4, 0.5) is 4.39 Å². The number of carbonyl (C=O) groups excluding carboxylic acids is 2. The van der Waals surface area contributed by atoms with E-state index in [1.807, 2.05) is 0 Å². The van der Waals surface area contributed by atoms with Gasteiger partial charge >= 0.3 is 0 Å². The van der Waals surface area contributed by atoms with Gasteiger partial charge in [0.1, 0.15) is 11.6 Å². The van der Waals surface area contributed by atoms with Crippen molar-refractivity contribution in [3.63, 3.8) is 0 Å². The minimum Gasteiger partial charge on any atom is -0.507 e. The Labute approximate surface area is 209 Å². The first-order valence-corrected chi connectivity index (χ1v) is 12.1. The molecule has 0 radical (unpaired) electrons. The summed E-state index contributed by atoms with van der Waals surface area (Å²) in [6, 6.07) is 7.83. The van der Waals surface area contributed by atoms with Gasteiger partial charge in [-0.05, 0) is 49.6 Å². The summed E-state index contributed by atoms with van der Waals surface area (Å²) < 4.78 is 25.2. The first-order chi connectivity index (χ1) is 17.3. The number of rotatable bonds is 8. The minimum atomic E-state index is -0.918. The van der Waals surface area contributed by atoms with E-state index in [2.05, 4.69) is 4.90 Å². The third-order valence-electron chi connectivity index (χ3n) is 6.56. The second kappa shape index (κ2) is 11.1. The quantitative estimate of drug-likeness (QED) is 0.327. The SMILES string of the molecule is CCOc1cc([C@@H]2C(=C(O)c3ccc(C)c(F)c3)C(=O)C(=O)N2CCCN2CCOCC2)ccc1O. The van der Waals surface area contributed by atoms with Crippen molar-refractivity contribution in [2.24, 2.45) is 0 Å². The molecule has 0 unspecified atom stereocenters. The number of morpholine rings is 1. The van der Waals surface area contributed by atoms with Crippen LogP contribution in [0.5, 0.6) is 11.5 Å². The van der Waals surface area contributed by atoms with Crippen LogP contribution in [0.1, 0.15) is 36.1 Å². The molecule has 36 heavy (non-hydrogen) atoms. The highest BCUT2D eigenvalue weighted by atomic mass is 19.1. The zero-order valence-corrected chi connectivity index (χ0v) is 20.5. The van der Waals surface area contributed by atoms with Crippen molar-refractivity contribution in [1.82, 2.24) is 9.80 Å². The minimum absolute atomic E-state index is 0.0783. The third-order valence-corrected chi connectivity index (χ3v) is 6.56. The number of benzene rings is 2. The second-order valence-corrected chi connectivity index (χ2v) is 8.92. The summed E-state index contributed by atoms with van der Waals surface area (Å²) in [4.78, 5) is 30.0. The number of nitrogens with zero attached hydrogens (tertiary/aromatic N) is 2. The molecule has 192 valence electrons. The number of hydrogen-bond donors (Lipinski definition) is 2. The summed E-state index contributed by atoms with van der Waals surface area (Å²) in [5.74, 6) is -2.42. The van der Waals surface area contributed by atoms with Crippen LogP contribution in [0.2, 0.25) is 0 Å². The highest BCUT2D eigenvalue weighted by Gasteiger charge is 2.46. The standard InChI is InChI=1S/C27H31FN2O6/c1-3-36-22-16-18(7-8-21(22)31)24-23(25(32)19-6-5-17(2)20(28)15-19)26(33)27(34)30(24)10-4-9-29-11-13-35-14-12-29/h5-8,15-16,24,31-32H,3-4,9-14H2,1-2H3/t24-/m1/s1. The average molecular weight is 499 g/mol. The molecule has 2 aromatic carbocycles. The number of aryl methyl sites for hydroxylation is 1. The number of aromatic hydroxyl groups is 1. The number of amides is 1. The first kappa shape index (κ1) is 25.7. The van der Waals surface area contributed by atoms with Crippen LogP contribution in [0.3, 0.4) is 0 Å². The van der Waals surface area contributed by atoms with Crippen molar-refractivity contribution >= 4 is 17.4 Å². The highest BCUT2D eigenvalue weighted by molar-refractivity contribution is 6.46. The van der Waals surface area contributed by atoms with Crippen molar-refractivity contribution in [2.45, 2.75) is 26.3 Å². The van der Waals surface area contributed by atoms with Gasteiger partial charge in [0.25, 0.3) is 11.7 Å². The molecular weight excluding hydrogens is 467 g/mol. The summed E-state index contributed by atoms with van der Waals surface area (Å²) in [6.45, 7) is 7.59. The number of aliphatic hydroxyl groups excluding tert-OH is 1. The maximum absolute atomic E-state index is 14.3. The Morgan fingerprint density at radius 2 is 1.89 bits per heavy atom. The third kappa shape index (κ3) is 5.22. The van der Waals surface area contributed by atoms with Crippen LogP contribution >= 0.6 is 0 Å². The summed E-state index contributed by atoms with van der Waals surface area (Å²) in [5, 5.41) is 21.3. The number of aliphatic hydroxyl groups is 1. The molecule has 2 fully saturated rings. The monoisotopic (exact) mass is 498 g/mol. The lowest BCUT2D eigenvalue weighted by molar-refractivity contribution is -0.140. The van der Waals surface area contributed by atoms with Gasteiger partial charge < -0.3 is 24.6 Å². The number of hydrogen-bond acceptors (Lipinski definition) is 7. The highest BCUT2D eigenvalue weighted by Crippen LogP contribution is 2.42. The molecule has 2 aliphatic rings. The molecule has 1 atom stereocenters. The van der Waals surface area contributed by atoms with Gasteiger partial charge in [-0.3, -0.25) is 14.5 Å². The molecule has 0 aromatic heterocycles. The number of phenolic OH excluding ortho intramolecular Hbond substituents is 1. The van der Waals surface area contributed by atoms with Crippen LogP contribution in [0, 0.1) is 12.7 Å². The van der Waals surface area contributed by atoms with Gasteiger partial charge in [0, 0.05) is 31.7 Å². The molecule has 0 bridgehead atoms. The molecule has 4 rings (SSSR count). The molecule has 2 saturated heterocycles. The molecule has 2 heterocycles. The number of ketones is 1. The number of phenols is 1. The Hall–Kier alpha value is -3.43. The Bertz CT molecular complexity index is 1170.